The van der Waals surface area contributed by atoms with Gasteiger partial charge in [0, 0.05) is 5.41 Å². The van der Waals surface area contributed by atoms with E-state index in [0.717, 1.165) is 12.0 Å². The van der Waals surface area contributed by atoms with Crippen molar-refractivity contribution in [3.8, 4) is 0 Å². The predicted octanol–water partition coefficient (Wildman–Crippen LogP) is 2.78. The summed E-state index contributed by atoms with van der Waals surface area (Å²) in [7, 11) is 0. The summed E-state index contributed by atoms with van der Waals surface area (Å²) in [6.07, 6.45) is 2.58. The van der Waals surface area contributed by atoms with Gasteiger partial charge < -0.3 is 9.84 Å². The number of hydrogen-bond acceptors (Lipinski definition) is 2. The van der Waals surface area contributed by atoms with Gasteiger partial charge in [0.05, 0.1) is 19.8 Å². The maximum absolute atomic E-state index is 9.29. The van der Waals surface area contributed by atoms with E-state index < -0.39 is 0 Å². The first-order chi connectivity index (χ1) is 7.70. The van der Waals surface area contributed by atoms with Crippen LogP contribution >= 0.6 is 0 Å². The number of aliphatic hydroxyl groups excluding tert-OH is 1. The monoisotopic (exact) mass is 220 g/mol. The number of ether oxygens (including phenoxy) is 1. The zero-order chi connectivity index (χ0) is 11.9. The fourth-order valence-electron chi connectivity index (χ4n) is 1.51. The van der Waals surface area contributed by atoms with Crippen LogP contribution in [-0.2, 0) is 11.3 Å². The Kier molecular flexibility index (Phi) is 5.23. The fourth-order valence-corrected chi connectivity index (χ4v) is 1.51. The van der Waals surface area contributed by atoms with Crippen molar-refractivity contribution in [1.29, 1.82) is 0 Å². The Labute approximate surface area is 97.6 Å². The van der Waals surface area contributed by atoms with Crippen LogP contribution in [0.1, 0.15) is 18.9 Å². The Balaban J connectivity index is 2.36. The summed E-state index contributed by atoms with van der Waals surface area (Å²) < 4.78 is 5.62. The van der Waals surface area contributed by atoms with Crippen LogP contribution in [0.25, 0.3) is 0 Å². The van der Waals surface area contributed by atoms with Crippen LogP contribution in [-0.4, -0.2) is 18.3 Å². The van der Waals surface area contributed by atoms with Crippen molar-refractivity contribution in [2.24, 2.45) is 5.41 Å². The summed E-state index contributed by atoms with van der Waals surface area (Å²) in [4.78, 5) is 0. The third-order valence-electron chi connectivity index (χ3n) is 2.58. The van der Waals surface area contributed by atoms with Gasteiger partial charge >= 0.3 is 0 Å². The Morgan fingerprint density at radius 1 is 1.38 bits per heavy atom. The van der Waals surface area contributed by atoms with Gasteiger partial charge in [-0.3, -0.25) is 0 Å². The van der Waals surface area contributed by atoms with Gasteiger partial charge in [-0.05, 0) is 12.0 Å². The molecule has 1 N–H and O–H groups in total. The van der Waals surface area contributed by atoms with Gasteiger partial charge in [-0.2, -0.15) is 0 Å². The zero-order valence-electron chi connectivity index (χ0n) is 9.86. The molecule has 0 fully saturated rings. The van der Waals surface area contributed by atoms with E-state index in [4.69, 9.17) is 4.74 Å². The van der Waals surface area contributed by atoms with Crippen LogP contribution in [0.2, 0.25) is 0 Å². The van der Waals surface area contributed by atoms with Crippen molar-refractivity contribution < 1.29 is 9.84 Å². The molecule has 0 unspecified atom stereocenters. The van der Waals surface area contributed by atoms with Crippen molar-refractivity contribution in [1.82, 2.24) is 0 Å². The third-order valence-corrected chi connectivity index (χ3v) is 2.58. The minimum absolute atomic E-state index is 0.119. The molecule has 2 nitrogen and oxygen atoms in total. The number of aliphatic hydroxyl groups is 1. The lowest BCUT2D eigenvalue weighted by molar-refractivity contribution is 0.0110. The summed E-state index contributed by atoms with van der Waals surface area (Å²) in [5.74, 6) is 0. The smallest absolute Gasteiger partial charge is 0.0717 e. The quantitative estimate of drug-likeness (QED) is 0.716. The van der Waals surface area contributed by atoms with Crippen molar-refractivity contribution in [2.75, 3.05) is 13.2 Å². The third kappa shape index (κ3) is 4.17. The SMILES string of the molecule is C=CC[C@@](C)(CO)COCc1ccccc1. The average molecular weight is 220 g/mol. The van der Waals surface area contributed by atoms with E-state index in [1.165, 1.54) is 0 Å². The molecule has 1 rings (SSSR count). The number of hydrogen-bond donors (Lipinski definition) is 1. The van der Waals surface area contributed by atoms with Gasteiger partial charge in [-0.1, -0.05) is 43.3 Å². The molecule has 88 valence electrons. The molecule has 0 saturated carbocycles. The second-order valence-electron chi connectivity index (χ2n) is 4.44. The molecular weight excluding hydrogens is 200 g/mol. The number of benzene rings is 1. The van der Waals surface area contributed by atoms with Crippen molar-refractivity contribution in [3.05, 3.63) is 48.6 Å². The maximum atomic E-state index is 9.29. The highest BCUT2D eigenvalue weighted by Gasteiger charge is 2.21. The Hall–Kier alpha value is -1.12. The summed E-state index contributed by atoms with van der Waals surface area (Å²) in [5, 5.41) is 9.29. The van der Waals surface area contributed by atoms with Gasteiger partial charge in [0.1, 0.15) is 0 Å². The molecular formula is C14H20O2. The lowest BCUT2D eigenvalue weighted by Gasteiger charge is -2.25. The topological polar surface area (TPSA) is 29.5 Å². The molecule has 0 aliphatic heterocycles. The first-order valence-corrected chi connectivity index (χ1v) is 5.53. The zero-order valence-corrected chi connectivity index (χ0v) is 9.86. The molecule has 0 aliphatic carbocycles. The highest BCUT2D eigenvalue weighted by atomic mass is 16.5. The second-order valence-corrected chi connectivity index (χ2v) is 4.44. The van der Waals surface area contributed by atoms with Crippen molar-refractivity contribution >= 4 is 0 Å². The van der Waals surface area contributed by atoms with Gasteiger partial charge in [-0.15, -0.1) is 6.58 Å². The summed E-state index contributed by atoms with van der Waals surface area (Å²) in [6, 6.07) is 10.0. The van der Waals surface area contributed by atoms with E-state index in [1.54, 1.807) is 0 Å². The summed E-state index contributed by atoms with van der Waals surface area (Å²) in [5.41, 5.74) is 0.942. The van der Waals surface area contributed by atoms with E-state index in [0.29, 0.717) is 13.2 Å². The highest BCUT2D eigenvalue weighted by molar-refractivity contribution is 5.13. The molecule has 16 heavy (non-hydrogen) atoms. The lowest BCUT2D eigenvalue weighted by Crippen LogP contribution is -2.26. The van der Waals surface area contributed by atoms with Crippen LogP contribution in [0.15, 0.2) is 43.0 Å². The fraction of sp³-hybridized carbons (Fsp3) is 0.429. The molecule has 0 bridgehead atoms. The molecule has 1 aromatic rings. The highest BCUT2D eigenvalue weighted by Crippen LogP contribution is 2.21. The minimum atomic E-state index is -0.212. The Bertz CT molecular complexity index is 308. The van der Waals surface area contributed by atoms with Gasteiger partial charge in [0.2, 0.25) is 0 Å². The molecule has 2 heteroatoms. The van der Waals surface area contributed by atoms with Crippen molar-refractivity contribution in [3.63, 3.8) is 0 Å². The summed E-state index contributed by atoms with van der Waals surface area (Å²) >= 11 is 0. The van der Waals surface area contributed by atoms with E-state index >= 15 is 0 Å². The molecule has 1 aromatic carbocycles. The van der Waals surface area contributed by atoms with E-state index in [1.807, 2.05) is 43.3 Å². The van der Waals surface area contributed by atoms with Crippen molar-refractivity contribution in [2.45, 2.75) is 20.0 Å². The lowest BCUT2D eigenvalue weighted by atomic mass is 9.89. The van der Waals surface area contributed by atoms with Crippen LogP contribution in [0.5, 0.6) is 0 Å². The first-order valence-electron chi connectivity index (χ1n) is 5.53. The van der Waals surface area contributed by atoms with Gasteiger partial charge in [-0.25, -0.2) is 0 Å². The number of allylic oxidation sites excluding steroid dienone is 1. The number of rotatable bonds is 7. The van der Waals surface area contributed by atoms with Crippen LogP contribution in [0, 0.1) is 5.41 Å². The molecule has 0 aromatic heterocycles. The predicted molar refractivity (Wildman–Crippen MR) is 66.1 cm³/mol. The maximum Gasteiger partial charge on any atom is 0.0717 e. The normalized spacial score (nSPS) is 14.4. The van der Waals surface area contributed by atoms with E-state index in [2.05, 4.69) is 6.58 Å². The molecule has 1 atom stereocenters. The Morgan fingerprint density at radius 2 is 2.06 bits per heavy atom. The van der Waals surface area contributed by atoms with Crippen LogP contribution in [0.4, 0.5) is 0 Å². The second kappa shape index (κ2) is 6.46. The minimum Gasteiger partial charge on any atom is -0.396 e. The molecule has 0 amide bonds. The van der Waals surface area contributed by atoms with Gasteiger partial charge in [0.15, 0.2) is 0 Å². The Morgan fingerprint density at radius 3 is 2.62 bits per heavy atom. The first kappa shape index (κ1) is 12.9. The largest absolute Gasteiger partial charge is 0.396 e. The molecule has 0 aliphatic rings. The summed E-state index contributed by atoms with van der Waals surface area (Å²) in [6.45, 7) is 6.95. The molecule has 0 radical (unpaired) electrons. The molecule has 0 saturated heterocycles. The standard InChI is InChI=1S/C14H20O2/c1-3-9-14(2,11-15)12-16-10-13-7-5-4-6-8-13/h3-8,15H,1,9-12H2,2H3/t14-/m0/s1. The molecule has 0 spiro atoms. The van der Waals surface area contributed by atoms with Crippen LogP contribution < -0.4 is 0 Å². The van der Waals surface area contributed by atoms with E-state index in [-0.39, 0.29) is 12.0 Å². The van der Waals surface area contributed by atoms with Gasteiger partial charge in [0.25, 0.3) is 0 Å². The van der Waals surface area contributed by atoms with E-state index in [9.17, 15) is 5.11 Å². The van der Waals surface area contributed by atoms with Crippen LogP contribution in [0.3, 0.4) is 0 Å². The molecule has 0 heterocycles. The average Bonchev–Trinajstić information content (AvgIpc) is 2.31.